The van der Waals surface area contributed by atoms with Gasteiger partial charge in [0.1, 0.15) is 6.04 Å². The van der Waals surface area contributed by atoms with E-state index in [1.54, 1.807) is 25.1 Å². The van der Waals surface area contributed by atoms with Crippen LogP contribution in [0.4, 0.5) is 5.69 Å². The molecule has 6 nitrogen and oxygen atoms in total. The van der Waals surface area contributed by atoms with Crippen LogP contribution in [0.5, 0.6) is 0 Å². The molecule has 152 valence electrons. The summed E-state index contributed by atoms with van der Waals surface area (Å²) in [5.74, 6) is 1.66. The zero-order valence-electron chi connectivity index (χ0n) is 16.5. The number of para-hydroxylation sites is 2. The van der Waals surface area contributed by atoms with Crippen molar-refractivity contribution >= 4 is 34.5 Å². The summed E-state index contributed by atoms with van der Waals surface area (Å²) in [4.78, 5) is 27.4. The first-order valence-corrected chi connectivity index (χ1v) is 11.1. The quantitative estimate of drug-likeness (QED) is 0.674. The van der Waals surface area contributed by atoms with Crippen LogP contribution in [0.1, 0.15) is 18.5 Å². The first-order valence-electron chi connectivity index (χ1n) is 9.92. The summed E-state index contributed by atoms with van der Waals surface area (Å²) >= 11 is 2.02. The minimum atomic E-state index is -0.678. The highest BCUT2D eigenvalue weighted by atomic mass is 32.2. The molecule has 2 heterocycles. The Morgan fingerprint density at radius 2 is 1.86 bits per heavy atom. The van der Waals surface area contributed by atoms with Crippen molar-refractivity contribution in [1.29, 1.82) is 0 Å². The topological polar surface area (TPSA) is 67.5 Å². The van der Waals surface area contributed by atoms with E-state index in [2.05, 4.69) is 22.3 Å². The van der Waals surface area contributed by atoms with Crippen LogP contribution in [-0.2, 0) is 11.2 Å². The Hall–Kier alpha value is -2.51. The van der Waals surface area contributed by atoms with Gasteiger partial charge < -0.3 is 14.6 Å². The Morgan fingerprint density at radius 1 is 1.14 bits per heavy atom. The lowest BCUT2D eigenvalue weighted by Gasteiger charge is -2.26. The number of hydrogen-bond donors (Lipinski definition) is 1. The Labute approximate surface area is 173 Å². The number of oxazole rings is 1. The Morgan fingerprint density at radius 3 is 2.62 bits per heavy atom. The number of nitrogens with one attached hydrogen (secondary N) is 1. The number of amides is 1. The lowest BCUT2D eigenvalue weighted by atomic mass is 10.1. The number of carbonyl (C=O) groups excluding carboxylic acids is 1. The molecule has 1 atom stereocenters. The second-order valence-corrected chi connectivity index (χ2v) is 8.50. The van der Waals surface area contributed by atoms with Crippen molar-refractivity contribution in [3.8, 4) is 0 Å². The first kappa shape index (κ1) is 19.8. The van der Waals surface area contributed by atoms with Gasteiger partial charge in [0.15, 0.2) is 5.58 Å². The molecule has 1 fully saturated rings. The highest BCUT2D eigenvalue weighted by Gasteiger charge is 2.21. The maximum absolute atomic E-state index is 12.7. The molecule has 7 heteroatoms. The average Bonchev–Trinajstić information content (AvgIpc) is 3.09. The maximum atomic E-state index is 12.7. The van der Waals surface area contributed by atoms with Gasteiger partial charge in [0.05, 0.1) is 5.52 Å². The molecule has 1 aliphatic rings. The number of nitrogens with zero attached hydrogens (tertiary/aromatic N) is 2. The molecule has 0 saturated carbocycles. The van der Waals surface area contributed by atoms with Gasteiger partial charge in [-0.05, 0) is 43.2 Å². The van der Waals surface area contributed by atoms with Gasteiger partial charge in [-0.1, -0.05) is 24.3 Å². The maximum Gasteiger partial charge on any atom is 0.420 e. The normalized spacial score (nSPS) is 16.0. The number of aromatic nitrogens is 1. The van der Waals surface area contributed by atoms with E-state index in [-0.39, 0.29) is 5.91 Å². The molecule has 0 radical (unpaired) electrons. The van der Waals surface area contributed by atoms with Crippen LogP contribution < -0.4 is 11.1 Å². The Bertz CT molecular complexity index is 1040. The summed E-state index contributed by atoms with van der Waals surface area (Å²) in [6, 6.07) is 14.4. The van der Waals surface area contributed by atoms with Crippen molar-refractivity contribution < 1.29 is 9.21 Å². The third-order valence-electron chi connectivity index (χ3n) is 5.33. The molecular formula is C22H25N3O3S. The molecule has 1 amide bonds. The van der Waals surface area contributed by atoms with E-state index in [0.29, 0.717) is 11.1 Å². The van der Waals surface area contributed by atoms with Gasteiger partial charge in [-0.2, -0.15) is 11.8 Å². The molecule has 4 rings (SSSR count). The van der Waals surface area contributed by atoms with Crippen LogP contribution in [0.15, 0.2) is 57.7 Å². The summed E-state index contributed by atoms with van der Waals surface area (Å²) in [5, 5.41) is 2.90. The number of thioether (sulfide) groups is 1. The molecule has 1 unspecified atom stereocenters. The molecule has 1 saturated heterocycles. The third kappa shape index (κ3) is 4.57. The van der Waals surface area contributed by atoms with E-state index in [0.717, 1.165) is 18.7 Å². The lowest BCUT2D eigenvalue weighted by Crippen LogP contribution is -2.34. The van der Waals surface area contributed by atoms with Gasteiger partial charge in [-0.25, -0.2) is 4.79 Å². The highest BCUT2D eigenvalue weighted by Crippen LogP contribution is 2.19. The number of rotatable bonds is 6. The van der Waals surface area contributed by atoms with E-state index >= 15 is 0 Å². The molecule has 2 aromatic carbocycles. The summed E-state index contributed by atoms with van der Waals surface area (Å²) in [5.41, 5.74) is 3.08. The number of benzene rings is 2. The van der Waals surface area contributed by atoms with Crippen molar-refractivity contribution in [2.45, 2.75) is 19.4 Å². The minimum Gasteiger partial charge on any atom is -0.408 e. The summed E-state index contributed by atoms with van der Waals surface area (Å²) in [6.45, 7) is 5.10. The van der Waals surface area contributed by atoms with Crippen molar-refractivity contribution in [3.05, 3.63) is 64.6 Å². The first-order chi connectivity index (χ1) is 14.1. The standard InChI is InChI=1S/C22H25N3O3S/c1-16(25-19-4-2-3-5-20(19)28-22(25)27)21(26)23-18-8-6-17(7-9-18)10-11-24-12-14-29-15-13-24/h2-9,16H,10-15H2,1H3,(H,23,26). The SMILES string of the molecule is CC(C(=O)Nc1ccc(CCN2CCSCC2)cc1)n1c(=O)oc2ccccc21. The number of fused-ring (bicyclic) bond motifs is 1. The lowest BCUT2D eigenvalue weighted by molar-refractivity contribution is -0.118. The zero-order chi connectivity index (χ0) is 20.2. The molecular weight excluding hydrogens is 386 g/mol. The van der Waals surface area contributed by atoms with Crippen molar-refractivity contribution in [2.24, 2.45) is 0 Å². The Balaban J connectivity index is 1.38. The number of anilines is 1. The third-order valence-corrected chi connectivity index (χ3v) is 6.27. The van der Waals surface area contributed by atoms with Crippen LogP contribution >= 0.6 is 11.8 Å². The fourth-order valence-corrected chi connectivity index (χ4v) is 4.56. The second kappa shape index (κ2) is 8.88. The van der Waals surface area contributed by atoms with Gasteiger partial charge in [-0.3, -0.25) is 9.36 Å². The monoisotopic (exact) mass is 411 g/mol. The van der Waals surface area contributed by atoms with Gasteiger partial charge in [0, 0.05) is 36.8 Å². The largest absolute Gasteiger partial charge is 0.420 e. The fraction of sp³-hybridized carbons (Fsp3) is 0.364. The molecule has 0 aliphatic carbocycles. The van der Waals surface area contributed by atoms with E-state index in [9.17, 15) is 9.59 Å². The van der Waals surface area contributed by atoms with Crippen LogP contribution in [0.25, 0.3) is 11.1 Å². The minimum absolute atomic E-state index is 0.253. The molecule has 0 bridgehead atoms. The van der Waals surface area contributed by atoms with Crippen LogP contribution in [-0.4, -0.2) is 46.5 Å². The molecule has 1 N–H and O–H groups in total. The van der Waals surface area contributed by atoms with E-state index < -0.39 is 11.8 Å². The molecule has 3 aromatic rings. The average molecular weight is 412 g/mol. The fourth-order valence-electron chi connectivity index (χ4n) is 3.58. The number of hydrogen-bond acceptors (Lipinski definition) is 5. The summed E-state index contributed by atoms with van der Waals surface area (Å²) in [7, 11) is 0. The number of carbonyl (C=O) groups is 1. The van der Waals surface area contributed by atoms with Gasteiger partial charge in [0.2, 0.25) is 5.91 Å². The van der Waals surface area contributed by atoms with Crippen molar-refractivity contribution in [1.82, 2.24) is 9.47 Å². The molecule has 0 spiro atoms. The van der Waals surface area contributed by atoms with Gasteiger partial charge in [0.25, 0.3) is 0 Å². The van der Waals surface area contributed by atoms with Crippen molar-refractivity contribution in [2.75, 3.05) is 36.5 Å². The van der Waals surface area contributed by atoms with E-state index in [4.69, 9.17) is 4.42 Å². The van der Waals surface area contributed by atoms with Crippen LogP contribution in [0, 0.1) is 0 Å². The highest BCUT2D eigenvalue weighted by molar-refractivity contribution is 7.99. The smallest absolute Gasteiger partial charge is 0.408 e. The molecule has 29 heavy (non-hydrogen) atoms. The van der Waals surface area contributed by atoms with Gasteiger partial charge >= 0.3 is 5.76 Å². The van der Waals surface area contributed by atoms with Gasteiger partial charge in [-0.15, -0.1) is 0 Å². The second-order valence-electron chi connectivity index (χ2n) is 7.27. The zero-order valence-corrected chi connectivity index (χ0v) is 17.3. The predicted octanol–water partition coefficient (Wildman–Crippen LogP) is 3.39. The van der Waals surface area contributed by atoms with Crippen molar-refractivity contribution in [3.63, 3.8) is 0 Å². The molecule has 1 aromatic heterocycles. The summed E-state index contributed by atoms with van der Waals surface area (Å²) in [6.07, 6.45) is 1.01. The van der Waals surface area contributed by atoms with E-state index in [1.807, 2.05) is 30.0 Å². The van der Waals surface area contributed by atoms with Crippen LogP contribution in [0.3, 0.4) is 0 Å². The van der Waals surface area contributed by atoms with E-state index in [1.165, 1.54) is 34.7 Å². The van der Waals surface area contributed by atoms with Crippen LogP contribution in [0.2, 0.25) is 0 Å². The summed E-state index contributed by atoms with van der Waals surface area (Å²) < 4.78 is 6.62. The predicted molar refractivity (Wildman–Crippen MR) is 118 cm³/mol. The Kier molecular flexibility index (Phi) is 6.06. The molecule has 1 aliphatic heterocycles.